The summed E-state index contributed by atoms with van der Waals surface area (Å²) in [6.07, 6.45) is 0. The van der Waals surface area contributed by atoms with E-state index in [2.05, 4.69) is 4.90 Å². The van der Waals surface area contributed by atoms with Gasteiger partial charge < -0.3 is 14.5 Å². The van der Waals surface area contributed by atoms with Crippen LogP contribution in [0, 0.1) is 5.82 Å². The Labute approximate surface area is 163 Å². The van der Waals surface area contributed by atoms with Gasteiger partial charge in [0.25, 0.3) is 0 Å². The van der Waals surface area contributed by atoms with Crippen molar-refractivity contribution in [1.29, 1.82) is 0 Å². The standard InChI is InChI=1S/C17H16FN3O5S2/c1-19-2-4-20(5-3-19)13-11(18)6-10-12-15(13)26-7-9-8-27-17(21(9)12)16(14(10)22)28(23,24)25/h6,8H,2-5,7H2,1H3,(H,23,24,25). The number of rotatable bonds is 2. The third-order valence-corrected chi connectivity index (χ3v) is 7.31. The largest absolute Gasteiger partial charge is 0.483 e. The monoisotopic (exact) mass is 425 g/mol. The molecule has 0 aliphatic carbocycles. The summed E-state index contributed by atoms with van der Waals surface area (Å²) in [7, 11) is -2.79. The van der Waals surface area contributed by atoms with E-state index in [0.29, 0.717) is 24.3 Å². The number of hydrogen-bond donors (Lipinski definition) is 1. The fourth-order valence-electron chi connectivity index (χ4n) is 3.91. The van der Waals surface area contributed by atoms with Crippen molar-refractivity contribution in [2.45, 2.75) is 11.5 Å². The fraction of sp³-hybridized carbons (Fsp3) is 0.353. The van der Waals surface area contributed by atoms with E-state index in [0.717, 1.165) is 30.5 Å². The number of benzene rings is 1. The first-order valence-electron chi connectivity index (χ1n) is 8.62. The van der Waals surface area contributed by atoms with E-state index in [4.69, 9.17) is 4.74 Å². The zero-order valence-corrected chi connectivity index (χ0v) is 16.4. The summed E-state index contributed by atoms with van der Waals surface area (Å²) in [5.74, 6) is -0.413. The van der Waals surface area contributed by atoms with Crippen LogP contribution in [0.3, 0.4) is 0 Å². The lowest BCUT2D eigenvalue weighted by Gasteiger charge is -2.35. The van der Waals surface area contributed by atoms with Gasteiger partial charge in [-0.15, -0.1) is 11.3 Å². The van der Waals surface area contributed by atoms with Crippen molar-refractivity contribution in [3.05, 3.63) is 33.2 Å². The number of ether oxygens (including phenoxy) is 1. The molecule has 28 heavy (non-hydrogen) atoms. The summed E-state index contributed by atoms with van der Waals surface area (Å²) in [5, 5.41) is 1.54. The van der Waals surface area contributed by atoms with E-state index in [1.165, 1.54) is 0 Å². The molecule has 0 saturated carbocycles. The number of likely N-dealkylation sites (N-methyl/N-ethyl adjacent to an activating group) is 1. The highest BCUT2D eigenvalue weighted by molar-refractivity contribution is 7.86. The number of hydrogen-bond acceptors (Lipinski definition) is 7. The zero-order chi connectivity index (χ0) is 19.8. The Balaban J connectivity index is 1.91. The lowest BCUT2D eigenvalue weighted by atomic mass is 10.1. The van der Waals surface area contributed by atoms with Crippen molar-refractivity contribution >= 4 is 42.9 Å². The van der Waals surface area contributed by atoms with Gasteiger partial charge in [0.15, 0.2) is 16.5 Å². The quantitative estimate of drug-likeness (QED) is 0.623. The van der Waals surface area contributed by atoms with Gasteiger partial charge in [-0.05, 0) is 13.1 Å². The first-order valence-corrected chi connectivity index (χ1v) is 10.9. The Morgan fingerprint density at radius 2 is 1.96 bits per heavy atom. The van der Waals surface area contributed by atoms with E-state index >= 15 is 4.39 Å². The summed E-state index contributed by atoms with van der Waals surface area (Å²) in [4.78, 5) is 16.3. The maximum Gasteiger partial charge on any atom is 0.301 e. The van der Waals surface area contributed by atoms with Crippen LogP contribution in [0.4, 0.5) is 10.1 Å². The molecule has 2 aliphatic heterocycles. The van der Waals surface area contributed by atoms with Crippen molar-refractivity contribution in [2.24, 2.45) is 0 Å². The minimum atomic E-state index is -4.78. The second kappa shape index (κ2) is 5.89. The molecule has 0 amide bonds. The molecule has 2 aromatic heterocycles. The highest BCUT2D eigenvalue weighted by atomic mass is 32.2. The average Bonchev–Trinajstić information content (AvgIpc) is 3.05. The van der Waals surface area contributed by atoms with Gasteiger partial charge in [0.05, 0.1) is 11.1 Å². The van der Waals surface area contributed by atoms with Crippen molar-refractivity contribution in [3.63, 3.8) is 0 Å². The summed E-state index contributed by atoms with van der Waals surface area (Å²) in [6.45, 7) is 2.84. The summed E-state index contributed by atoms with van der Waals surface area (Å²) in [5.41, 5.74) is 0.329. The Morgan fingerprint density at radius 1 is 1.25 bits per heavy atom. The predicted octanol–water partition coefficient (Wildman–Crippen LogP) is 1.54. The molecule has 0 atom stereocenters. The highest BCUT2D eigenvalue weighted by Gasteiger charge is 2.32. The number of aromatic nitrogens is 1. The van der Waals surface area contributed by atoms with E-state index < -0.39 is 26.3 Å². The van der Waals surface area contributed by atoms with Gasteiger partial charge in [-0.1, -0.05) is 0 Å². The topological polar surface area (TPSA) is 91.6 Å². The van der Waals surface area contributed by atoms with Gasteiger partial charge >= 0.3 is 10.1 Å². The first kappa shape index (κ1) is 17.9. The maximum atomic E-state index is 15.1. The van der Waals surface area contributed by atoms with Crippen LogP contribution in [-0.4, -0.2) is 55.5 Å². The predicted molar refractivity (Wildman–Crippen MR) is 103 cm³/mol. The smallest absolute Gasteiger partial charge is 0.301 e. The molecule has 3 aromatic rings. The third kappa shape index (κ3) is 2.40. The molecule has 1 aromatic carbocycles. The van der Waals surface area contributed by atoms with Crippen LogP contribution in [-0.2, 0) is 16.7 Å². The van der Waals surface area contributed by atoms with Crippen molar-refractivity contribution in [2.75, 3.05) is 38.1 Å². The summed E-state index contributed by atoms with van der Waals surface area (Å²) < 4.78 is 55.9. The number of anilines is 1. The second-order valence-electron chi connectivity index (χ2n) is 7.01. The van der Waals surface area contributed by atoms with Crippen molar-refractivity contribution in [1.82, 2.24) is 9.30 Å². The molecule has 8 nitrogen and oxygen atoms in total. The molecule has 1 saturated heterocycles. The van der Waals surface area contributed by atoms with E-state index in [-0.39, 0.29) is 28.3 Å². The van der Waals surface area contributed by atoms with Crippen LogP contribution in [0.2, 0.25) is 0 Å². The van der Waals surface area contributed by atoms with Crippen LogP contribution < -0.4 is 15.1 Å². The Bertz CT molecular complexity index is 1310. The maximum absolute atomic E-state index is 15.1. The molecule has 0 radical (unpaired) electrons. The number of halogens is 1. The van der Waals surface area contributed by atoms with E-state index in [1.807, 2.05) is 11.9 Å². The number of piperazine rings is 1. The van der Waals surface area contributed by atoms with Crippen LogP contribution in [0.15, 0.2) is 21.1 Å². The van der Waals surface area contributed by atoms with Gasteiger partial charge in [-0.3, -0.25) is 13.7 Å². The molecule has 2 aliphatic rings. The van der Waals surface area contributed by atoms with Gasteiger partial charge in [-0.25, -0.2) is 4.39 Å². The molecule has 0 unspecified atom stereocenters. The highest BCUT2D eigenvalue weighted by Crippen LogP contribution is 2.43. The number of nitrogens with zero attached hydrogens (tertiary/aromatic N) is 3. The molecular formula is C17H16FN3O5S2. The summed E-state index contributed by atoms with van der Waals surface area (Å²) in [6, 6.07) is 1.05. The lowest BCUT2D eigenvalue weighted by Crippen LogP contribution is -2.45. The van der Waals surface area contributed by atoms with Crippen LogP contribution in [0.25, 0.3) is 15.7 Å². The average molecular weight is 425 g/mol. The van der Waals surface area contributed by atoms with Gasteiger partial charge in [0.2, 0.25) is 5.43 Å². The molecule has 11 heteroatoms. The molecule has 1 fully saturated rings. The first-order chi connectivity index (χ1) is 13.3. The Kier molecular flexibility index (Phi) is 3.76. The third-order valence-electron chi connectivity index (χ3n) is 5.29. The molecule has 0 bridgehead atoms. The molecule has 4 heterocycles. The van der Waals surface area contributed by atoms with Crippen LogP contribution in [0.5, 0.6) is 5.75 Å². The Morgan fingerprint density at radius 3 is 2.64 bits per heavy atom. The SMILES string of the molecule is CN1CCN(c2c(F)cc3c(=O)c(S(=O)(=O)O)c4scc5n4c3c2OC5)CC1. The number of pyridine rings is 1. The number of thiazole rings is 1. The van der Waals surface area contributed by atoms with Crippen LogP contribution in [0.1, 0.15) is 5.69 Å². The molecule has 1 N–H and O–H groups in total. The molecular weight excluding hydrogens is 409 g/mol. The Hall–Kier alpha value is -2.21. The minimum absolute atomic E-state index is 0.107. The second-order valence-corrected chi connectivity index (χ2v) is 9.23. The van der Waals surface area contributed by atoms with E-state index in [1.54, 1.807) is 9.78 Å². The normalized spacial score (nSPS) is 17.6. The van der Waals surface area contributed by atoms with Crippen LogP contribution >= 0.6 is 11.3 Å². The minimum Gasteiger partial charge on any atom is -0.483 e. The van der Waals surface area contributed by atoms with Gasteiger partial charge in [-0.2, -0.15) is 8.42 Å². The fourth-order valence-corrected chi connectivity index (χ4v) is 5.97. The van der Waals surface area contributed by atoms with Gasteiger partial charge in [0, 0.05) is 31.6 Å². The molecule has 148 valence electrons. The molecule has 5 rings (SSSR count). The van der Waals surface area contributed by atoms with E-state index in [9.17, 15) is 17.8 Å². The van der Waals surface area contributed by atoms with Gasteiger partial charge in [0.1, 0.15) is 22.6 Å². The van der Waals surface area contributed by atoms with Crippen molar-refractivity contribution in [3.8, 4) is 5.75 Å². The van der Waals surface area contributed by atoms with Crippen molar-refractivity contribution < 1.29 is 22.1 Å². The zero-order valence-electron chi connectivity index (χ0n) is 14.8. The summed E-state index contributed by atoms with van der Waals surface area (Å²) >= 11 is 1.03. The lowest BCUT2D eigenvalue weighted by molar-refractivity contribution is 0.287. The molecule has 0 spiro atoms.